The van der Waals surface area contributed by atoms with Gasteiger partial charge in [0, 0.05) is 55.9 Å². The summed E-state index contributed by atoms with van der Waals surface area (Å²) >= 11 is 0. The Kier molecular flexibility index (Phi) is 6.55. The molecule has 1 fully saturated rings. The molecule has 0 spiro atoms. The van der Waals surface area contributed by atoms with Gasteiger partial charge in [0.05, 0.1) is 36.6 Å². The molecule has 0 amide bonds. The zero-order valence-corrected chi connectivity index (χ0v) is 20.0. The molecule has 1 aliphatic rings. The first-order valence-electron chi connectivity index (χ1n) is 11.8. The summed E-state index contributed by atoms with van der Waals surface area (Å²) in [5.74, 6) is 2.92. The third-order valence-corrected chi connectivity index (χ3v) is 6.03. The zero-order chi connectivity index (χ0) is 24.2. The minimum Gasteiger partial charge on any atom is -0.492 e. The molecule has 4 aromatic heterocycles. The van der Waals surface area contributed by atoms with Crippen molar-refractivity contribution in [2.75, 3.05) is 37.7 Å². The molecule has 0 radical (unpaired) electrons. The number of ether oxygens (including phenoxy) is 1. The number of fused-ring (bicyclic) bond motifs is 1. The van der Waals surface area contributed by atoms with E-state index in [0.717, 1.165) is 66.8 Å². The van der Waals surface area contributed by atoms with Crippen LogP contribution in [0.3, 0.4) is 0 Å². The molecule has 0 aliphatic carbocycles. The van der Waals surface area contributed by atoms with Crippen molar-refractivity contribution in [3.05, 3.63) is 66.6 Å². The molecule has 5 rings (SSSR count). The minimum absolute atomic E-state index is 0.406. The van der Waals surface area contributed by atoms with Crippen LogP contribution in [0.15, 0.2) is 55.2 Å². The van der Waals surface area contributed by atoms with E-state index in [1.807, 2.05) is 30.6 Å². The fraction of sp³-hybridized carbons (Fsp3) is 0.346. The molecule has 4 aromatic rings. The number of piperazine rings is 1. The van der Waals surface area contributed by atoms with Gasteiger partial charge in [0.25, 0.3) is 0 Å². The summed E-state index contributed by atoms with van der Waals surface area (Å²) in [5.41, 5.74) is 3.09. The second-order valence-electron chi connectivity index (χ2n) is 9.09. The van der Waals surface area contributed by atoms with Crippen LogP contribution < -0.4 is 9.64 Å². The lowest BCUT2D eigenvalue weighted by Gasteiger charge is -2.35. The molecule has 0 saturated carbocycles. The van der Waals surface area contributed by atoms with Gasteiger partial charge in [-0.3, -0.25) is 4.90 Å². The predicted molar refractivity (Wildman–Crippen MR) is 133 cm³/mol. The van der Waals surface area contributed by atoms with Gasteiger partial charge in [-0.15, -0.1) is 0 Å². The summed E-state index contributed by atoms with van der Waals surface area (Å²) in [6, 6.07) is 10.2. The quantitative estimate of drug-likeness (QED) is 0.407. The molecule has 178 valence electrons. The largest absolute Gasteiger partial charge is 0.492 e. The van der Waals surface area contributed by atoms with Crippen LogP contribution >= 0.6 is 0 Å². The molecular weight excluding hydrogens is 440 g/mol. The lowest BCUT2D eigenvalue weighted by atomic mass is 10.1. The number of pyridine rings is 2. The van der Waals surface area contributed by atoms with Crippen LogP contribution in [0.1, 0.15) is 25.2 Å². The van der Waals surface area contributed by atoms with Gasteiger partial charge in [0.2, 0.25) is 0 Å². The summed E-state index contributed by atoms with van der Waals surface area (Å²) in [5, 5.41) is 14.0. The topological polar surface area (TPSA) is 95.5 Å². The van der Waals surface area contributed by atoms with Crippen LogP contribution in [0.2, 0.25) is 0 Å². The summed E-state index contributed by atoms with van der Waals surface area (Å²) in [6.07, 6.45) is 8.85. The normalized spacial score (nSPS) is 14.4. The van der Waals surface area contributed by atoms with Crippen molar-refractivity contribution in [2.45, 2.75) is 20.4 Å². The molecule has 35 heavy (non-hydrogen) atoms. The first-order valence-corrected chi connectivity index (χ1v) is 11.8. The molecule has 9 nitrogen and oxygen atoms in total. The predicted octanol–water partition coefficient (Wildman–Crippen LogP) is 3.41. The highest BCUT2D eigenvalue weighted by molar-refractivity contribution is 5.85. The molecule has 0 aromatic carbocycles. The van der Waals surface area contributed by atoms with E-state index in [2.05, 4.69) is 50.8 Å². The van der Waals surface area contributed by atoms with Crippen LogP contribution in [-0.4, -0.2) is 62.3 Å². The van der Waals surface area contributed by atoms with Crippen LogP contribution in [-0.2, 0) is 6.54 Å². The molecule has 1 saturated heterocycles. The van der Waals surface area contributed by atoms with Gasteiger partial charge in [0.15, 0.2) is 0 Å². The van der Waals surface area contributed by atoms with Crippen molar-refractivity contribution >= 4 is 11.3 Å². The third kappa shape index (κ3) is 5.08. The molecule has 0 bridgehead atoms. The smallest absolute Gasteiger partial charge is 0.142 e. The third-order valence-electron chi connectivity index (χ3n) is 6.03. The van der Waals surface area contributed by atoms with Gasteiger partial charge in [0.1, 0.15) is 23.5 Å². The summed E-state index contributed by atoms with van der Waals surface area (Å²) < 4.78 is 7.68. The number of nitriles is 1. The fourth-order valence-electron chi connectivity index (χ4n) is 4.22. The Morgan fingerprint density at radius 3 is 2.54 bits per heavy atom. The average Bonchev–Trinajstić information content (AvgIpc) is 3.31. The highest BCUT2D eigenvalue weighted by Crippen LogP contribution is 2.31. The maximum atomic E-state index is 9.60. The molecule has 9 heteroatoms. The van der Waals surface area contributed by atoms with Crippen LogP contribution in [0.25, 0.3) is 16.6 Å². The van der Waals surface area contributed by atoms with Gasteiger partial charge in [-0.1, -0.05) is 13.8 Å². The van der Waals surface area contributed by atoms with Crippen molar-refractivity contribution in [2.24, 2.45) is 5.92 Å². The summed E-state index contributed by atoms with van der Waals surface area (Å²) in [4.78, 5) is 18.1. The van der Waals surface area contributed by atoms with Gasteiger partial charge in [-0.2, -0.15) is 10.4 Å². The highest BCUT2D eigenvalue weighted by Gasteiger charge is 2.20. The summed E-state index contributed by atoms with van der Waals surface area (Å²) in [6.45, 7) is 9.23. The van der Waals surface area contributed by atoms with Gasteiger partial charge in [-0.05, 0) is 30.2 Å². The summed E-state index contributed by atoms with van der Waals surface area (Å²) in [7, 11) is 0. The lowest BCUT2D eigenvalue weighted by molar-refractivity contribution is 0.243. The lowest BCUT2D eigenvalue weighted by Crippen LogP contribution is -2.46. The van der Waals surface area contributed by atoms with E-state index < -0.39 is 0 Å². The second-order valence-corrected chi connectivity index (χ2v) is 9.09. The van der Waals surface area contributed by atoms with E-state index >= 15 is 0 Å². The Morgan fingerprint density at radius 2 is 1.86 bits per heavy atom. The first kappa shape index (κ1) is 22.7. The van der Waals surface area contributed by atoms with Crippen molar-refractivity contribution in [1.82, 2.24) is 29.5 Å². The zero-order valence-electron chi connectivity index (χ0n) is 20.0. The van der Waals surface area contributed by atoms with E-state index in [-0.39, 0.29) is 0 Å². The fourth-order valence-corrected chi connectivity index (χ4v) is 4.22. The van der Waals surface area contributed by atoms with Gasteiger partial charge < -0.3 is 9.64 Å². The van der Waals surface area contributed by atoms with E-state index in [1.54, 1.807) is 23.1 Å². The Morgan fingerprint density at radius 1 is 1.06 bits per heavy atom. The second kappa shape index (κ2) is 10.1. The van der Waals surface area contributed by atoms with Crippen LogP contribution in [0, 0.1) is 17.2 Å². The minimum atomic E-state index is 0.406. The SMILES string of the molecule is CC(C)COc1cc(-c2ccc(N3CCN(Cc4ncccn4)CC3)nc2)c2c(C#N)cnn2c1. The van der Waals surface area contributed by atoms with Crippen molar-refractivity contribution in [3.63, 3.8) is 0 Å². The average molecular weight is 469 g/mol. The Bertz CT molecular complexity index is 1320. The standard InChI is InChI=1S/C26H28N8O/c1-19(2)18-35-22-12-23(26-21(13-27)15-31-34(26)16-22)20-4-5-25(30-14-20)33-10-8-32(9-11-33)17-24-28-6-3-7-29-24/h3-7,12,14-16,19H,8-11,17-18H2,1-2H3. The molecule has 0 atom stereocenters. The first-order chi connectivity index (χ1) is 17.1. The molecule has 0 unspecified atom stereocenters. The molecule has 5 heterocycles. The Balaban J connectivity index is 1.33. The van der Waals surface area contributed by atoms with Crippen LogP contribution in [0.4, 0.5) is 5.82 Å². The van der Waals surface area contributed by atoms with E-state index in [0.29, 0.717) is 18.1 Å². The van der Waals surface area contributed by atoms with Crippen molar-refractivity contribution in [1.29, 1.82) is 5.26 Å². The maximum Gasteiger partial charge on any atom is 0.142 e. The molecule has 0 N–H and O–H groups in total. The maximum absolute atomic E-state index is 9.60. The van der Waals surface area contributed by atoms with Gasteiger partial charge >= 0.3 is 0 Å². The van der Waals surface area contributed by atoms with E-state index in [1.165, 1.54) is 0 Å². The van der Waals surface area contributed by atoms with Crippen molar-refractivity contribution in [3.8, 4) is 22.9 Å². The van der Waals surface area contributed by atoms with E-state index in [4.69, 9.17) is 9.72 Å². The van der Waals surface area contributed by atoms with E-state index in [9.17, 15) is 5.26 Å². The number of rotatable bonds is 7. The number of aromatic nitrogens is 5. The van der Waals surface area contributed by atoms with Crippen molar-refractivity contribution < 1.29 is 4.74 Å². The molecular formula is C26H28N8O. The molecule has 1 aliphatic heterocycles. The van der Waals surface area contributed by atoms with Gasteiger partial charge in [-0.25, -0.2) is 19.5 Å². The van der Waals surface area contributed by atoms with Crippen LogP contribution in [0.5, 0.6) is 5.75 Å². The highest BCUT2D eigenvalue weighted by atomic mass is 16.5. The monoisotopic (exact) mass is 468 g/mol. The number of hydrogen-bond acceptors (Lipinski definition) is 8. The Hall–Kier alpha value is -4.03. The number of hydrogen-bond donors (Lipinski definition) is 0. The number of nitrogens with zero attached hydrogens (tertiary/aromatic N) is 8. The number of anilines is 1. The Labute approximate surface area is 204 Å².